The first-order valence-corrected chi connectivity index (χ1v) is 6.39. The molecule has 104 valence electrons. The maximum Gasteiger partial charge on any atom is 0.275 e. The van der Waals surface area contributed by atoms with Gasteiger partial charge in [-0.3, -0.25) is 10.1 Å². The normalized spacial score (nSPS) is 17.4. The minimum atomic E-state index is -0.920. The Morgan fingerprint density at radius 2 is 1.84 bits per heavy atom. The summed E-state index contributed by atoms with van der Waals surface area (Å²) in [6.07, 6.45) is 4.37. The monoisotopic (exact) mass is 270 g/mol. The summed E-state index contributed by atoms with van der Waals surface area (Å²) in [5.74, 6) is -1.44. The molecule has 1 aromatic carbocycles. The number of hydrogen-bond acceptors (Lipinski definition) is 3. The fourth-order valence-electron chi connectivity index (χ4n) is 2.61. The standard InChI is InChI=1S/C13H16F2N2O2/c1-8(9-4-2-3-5-9)16-13-11(14)6-10(17(18)19)7-12(13)15/h6-9,16H,2-5H2,1H3. The smallest absolute Gasteiger partial charge is 0.275 e. The van der Waals surface area contributed by atoms with E-state index >= 15 is 0 Å². The lowest BCUT2D eigenvalue weighted by atomic mass is 9.99. The fraction of sp³-hybridized carbons (Fsp3) is 0.538. The van der Waals surface area contributed by atoms with E-state index in [0.717, 1.165) is 37.8 Å². The number of hydrogen-bond donors (Lipinski definition) is 1. The predicted octanol–water partition coefficient (Wildman–Crippen LogP) is 3.86. The summed E-state index contributed by atoms with van der Waals surface area (Å²) in [6.45, 7) is 1.89. The lowest BCUT2D eigenvalue weighted by Crippen LogP contribution is -2.25. The predicted molar refractivity (Wildman–Crippen MR) is 68.1 cm³/mol. The number of benzene rings is 1. The zero-order chi connectivity index (χ0) is 14.0. The average Bonchev–Trinajstić information content (AvgIpc) is 2.86. The Balaban J connectivity index is 2.18. The molecule has 0 bridgehead atoms. The van der Waals surface area contributed by atoms with E-state index in [1.807, 2.05) is 6.92 Å². The SMILES string of the molecule is CC(Nc1c(F)cc([N+](=O)[O-])cc1F)C1CCCC1. The van der Waals surface area contributed by atoms with Crippen LogP contribution < -0.4 is 5.32 Å². The highest BCUT2D eigenvalue weighted by atomic mass is 19.1. The molecule has 0 radical (unpaired) electrons. The Bertz CT molecular complexity index is 465. The first-order valence-electron chi connectivity index (χ1n) is 6.39. The molecule has 1 atom stereocenters. The maximum absolute atomic E-state index is 13.7. The van der Waals surface area contributed by atoms with Gasteiger partial charge in [-0.05, 0) is 25.7 Å². The van der Waals surface area contributed by atoms with E-state index in [-0.39, 0.29) is 11.7 Å². The average molecular weight is 270 g/mol. The van der Waals surface area contributed by atoms with Gasteiger partial charge in [-0.15, -0.1) is 0 Å². The third-order valence-corrected chi connectivity index (χ3v) is 3.72. The summed E-state index contributed by atoms with van der Waals surface area (Å²) in [6, 6.07) is 1.44. The Hall–Kier alpha value is -1.72. The number of nitrogens with zero attached hydrogens (tertiary/aromatic N) is 1. The topological polar surface area (TPSA) is 55.2 Å². The molecule has 2 rings (SSSR count). The van der Waals surface area contributed by atoms with Gasteiger partial charge < -0.3 is 5.32 Å². The summed E-state index contributed by atoms with van der Waals surface area (Å²) in [5, 5.41) is 13.3. The van der Waals surface area contributed by atoms with Gasteiger partial charge in [0.25, 0.3) is 5.69 Å². The van der Waals surface area contributed by atoms with Gasteiger partial charge in [0.05, 0.1) is 17.1 Å². The number of nitro benzene ring substituents is 1. The third-order valence-electron chi connectivity index (χ3n) is 3.72. The molecule has 0 spiro atoms. The lowest BCUT2D eigenvalue weighted by molar-refractivity contribution is -0.385. The molecule has 0 saturated heterocycles. The minimum Gasteiger partial charge on any atom is -0.378 e. The largest absolute Gasteiger partial charge is 0.378 e. The van der Waals surface area contributed by atoms with Crippen molar-refractivity contribution in [3.05, 3.63) is 33.9 Å². The number of non-ortho nitro benzene ring substituents is 1. The third kappa shape index (κ3) is 3.00. The second-order valence-electron chi connectivity index (χ2n) is 5.02. The van der Waals surface area contributed by atoms with Crippen LogP contribution in [0.5, 0.6) is 0 Å². The van der Waals surface area contributed by atoms with Gasteiger partial charge in [-0.2, -0.15) is 0 Å². The molecule has 1 aliphatic carbocycles. The summed E-state index contributed by atoms with van der Waals surface area (Å²) in [5.41, 5.74) is -0.848. The molecule has 0 heterocycles. The molecule has 0 aromatic heterocycles. The number of anilines is 1. The van der Waals surface area contributed by atoms with E-state index in [9.17, 15) is 18.9 Å². The highest BCUT2D eigenvalue weighted by molar-refractivity contribution is 5.52. The summed E-state index contributed by atoms with van der Waals surface area (Å²) in [4.78, 5) is 9.69. The van der Waals surface area contributed by atoms with Crippen LogP contribution >= 0.6 is 0 Å². The van der Waals surface area contributed by atoms with Crippen LogP contribution in [0.3, 0.4) is 0 Å². The van der Waals surface area contributed by atoms with Crippen LogP contribution in [0.2, 0.25) is 0 Å². The van der Waals surface area contributed by atoms with Gasteiger partial charge in [0, 0.05) is 6.04 Å². The van der Waals surface area contributed by atoms with Crippen molar-refractivity contribution in [2.45, 2.75) is 38.6 Å². The highest BCUT2D eigenvalue weighted by Gasteiger charge is 2.24. The van der Waals surface area contributed by atoms with Gasteiger partial charge in [0.2, 0.25) is 0 Å². The molecule has 4 nitrogen and oxygen atoms in total. The summed E-state index contributed by atoms with van der Waals surface area (Å²) >= 11 is 0. The van der Waals surface area contributed by atoms with Crippen LogP contribution in [0, 0.1) is 27.7 Å². The molecule has 19 heavy (non-hydrogen) atoms. The number of rotatable bonds is 4. The van der Waals surface area contributed by atoms with Crippen molar-refractivity contribution >= 4 is 11.4 Å². The second kappa shape index (κ2) is 5.50. The molecule has 1 N–H and O–H groups in total. The maximum atomic E-state index is 13.7. The van der Waals surface area contributed by atoms with E-state index in [0.29, 0.717) is 5.92 Å². The Morgan fingerprint density at radius 1 is 1.32 bits per heavy atom. The Labute approximate surface area is 110 Å². The summed E-state index contributed by atoms with van der Waals surface area (Å²) in [7, 11) is 0. The van der Waals surface area contributed by atoms with Gasteiger partial charge >= 0.3 is 0 Å². The van der Waals surface area contributed by atoms with Gasteiger partial charge in [-0.1, -0.05) is 12.8 Å². The number of nitro groups is 1. The van der Waals surface area contributed by atoms with Gasteiger partial charge in [-0.25, -0.2) is 8.78 Å². The molecular weight excluding hydrogens is 254 g/mol. The van der Waals surface area contributed by atoms with Crippen molar-refractivity contribution < 1.29 is 13.7 Å². The zero-order valence-corrected chi connectivity index (χ0v) is 10.7. The van der Waals surface area contributed by atoms with Crippen LogP contribution in [0.1, 0.15) is 32.6 Å². The van der Waals surface area contributed by atoms with Crippen LogP contribution in [0.15, 0.2) is 12.1 Å². The number of nitrogens with one attached hydrogen (secondary N) is 1. The van der Waals surface area contributed by atoms with Crippen molar-refractivity contribution in [1.29, 1.82) is 0 Å². The van der Waals surface area contributed by atoms with Crippen molar-refractivity contribution in [2.24, 2.45) is 5.92 Å². The van der Waals surface area contributed by atoms with Crippen LogP contribution in [-0.2, 0) is 0 Å². The lowest BCUT2D eigenvalue weighted by Gasteiger charge is -2.22. The van der Waals surface area contributed by atoms with E-state index < -0.39 is 22.2 Å². The molecule has 1 fully saturated rings. The first kappa shape index (κ1) is 13.7. The quantitative estimate of drug-likeness (QED) is 0.667. The van der Waals surface area contributed by atoms with Crippen molar-refractivity contribution in [1.82, 2.24) is 0 Å². The molecule has 0 aliphatic heterocycles. The van der Waals surface area contributed by atoms with Gasteiger partial charge in [0.15, 0.2) is 11.6 Å². The second-order valence-corrected chi connectivity index (χ2v) is 5.02. The molecule has 6 heteroatoms. The highest BCUT2D eigenvalue weighted by Crippen LogP contribution is 2.31. The van der Waals surface area contributed by atoms with Crippen LogP contribution in [0.4, 0.5) is 20.2 Å². The molecule has 1 unspecified atom stereocenters. The molecule has 1 aromatic rings. The van der Waals surface area contributed by atoms with E-state index in [2.05, 4.69) is 5.32 Å². The van der Waals surface area contributed by atoms with E-state index in [1.165, 1.54) is 0 Å². The zero-order valence-electron chi connectivity index (χ0n) is 10.7. The molecule has 1 aliphatic rings. The van der Waals surface area contributed by atoms with Crippen molar-refractivity contribution in [3.8, 4) is 0 Å². The molecule has 1 saturated carbocycles. The van der Waals surface area contributed by atoms with E-state index in [1.54, 1.807) is 0 Å². The van der Waals surface area contributed by atoms with Crippen LogP contribution in [-0.4, -0.2) is 11.0 Å². The summed E-state index contributed by atoms with van der Waals surface area (Å²) < 4.78 is 27.4. The molecular formula is C13H16F2N2O2. The minimum absolute atomic E-state index is 0.0482. The van der Waals surface area contributed by atoms with E-state index in [4.69, 9.17) is 0 Å². The number of halogens is 2. The van der Waals surface area contributed by atoms with Crippen molar-refractivity contribution in [2.75, 3.05) is 5.32 Å². The fourth-order valence-corrected chi connectivity index (χ4v) is 2.61. The Morgan fingerprint density at radius 3 is 2.32 bits per heavy atom. The molecule has 0 amide bonds. The van der Waals surface area contributed by atoms with Crippen molar-refractivity contribution in [3.63, 3.8) is 0 Å². The van der Waals surface area contributed by atoms with Gasteiger partial charge in [0.1, 0.15) is 5.69 Å². The first-order chi connectivity index (χ1) is 8.99. The van der Waals surface area contributed by atoms with Crippen LogP contribution in [0.25, 0.3) is 0 Å². The Kier molecular flexibility index (Phi) is 3.97.